The zero-order valence-corrected chi connectivity index (χ0v) is 28.0. The molecular formula is C36H36IrN2OSi-2. The van der Waals surface area contributed by atoms with Crippen molar-refractivity contribution in [2.45, 2.75) is 46.8 Å². The van der Waals surface area contributed by atoms with Gasteiger partial charge in [-0.1, -0.05) is 80.3 Å². The van der Waals surface area contributed by atoms with E-state index in [2.05, 4.69) is 111 Å². The van der Waals surface area contributed by atoms with Gasteiger partial charge >= 0.3 is 0 Å². The largest absolute Gasteiger partial charge is 0.501 e. The molecule has 1 radical (unpaired) electrons. The molecule has 3 aromatic heterocycles. The Balaban J connectivity index is 0.000000200. The number of furan rings is 1. The normalized spacial score (nSPS) is 11.3. The summed E-state index contributed by atoms with van der Waals surface area (Å²) >= 11 is 0. The first kappa shape index (κ1) is 30.6. The van der Waals surface area contributed by atoms with Crippen molar-refractivity contribution in [2.75, 3.05) is 0 Å². The number of aryl methyl sites for hydroxylation is 1. The molecular weight excluding hydrogens is 697 g/mol. The first-order chi connectivity index (χ1) is 19.2. The van der Waals surface area contributed by atoms with Crippen LogP contribution >= 0.6 is 0 Å². The van der Waals surface area contributed by atoms with Gasteiger partial charge in [0.25, 0.3) is 0 Å². The molecule has 0 amide bonds. The average molecular weight is 733 g/mol. The molecule has 3 heterocycles. The van der Waals surface area contributed by atoms with E-state index < -0.39 is 8.07 Å². The van der Waals surface area contributed by atoms with E-state index in [0.29, 0.717) is 5.92 Å². The molecule has 0 aliphatic heterocycles. The van der Waals surface area contributed by atoms with E-state index in [-0.39, 0.29) is 20.1 Å². The molecule has 0 aliphatic rings. The van der Waals surface area contributed by atoms with E-state index in [1.54, 1.807) is 0 Å². The van der Waals surface area contributed by atoms with E-state index in [1.807, 2.05) is 42.7 Å². The van der Waals surface area contributed by atoms with Crippen molar-refractivity contribution >= 4 is 35.2 Å². The van der Waals surface area contributed by atoms with Crippen LogP contribution in [0.25, 0.3) is 44.5 Å². The molecule has 0 spiro atoms. The molecule has 0 aliphatic carbocycles. The van der Waals surface area contributed by atoms with E-state index >= 15 is 0 Å². The van der Waals surface area contributed by atoms with Crippen molar-refractivity contribution < 1.29 is 24.5 Å². The van der Waals surface area contributed by atoms with Gasteiger partial charge in [0.1, 0.15) is 5.58 Å². The predicted molar refractivity (Wildman–Crippen MR) is 171 cm³/mol. The number of nitrogens with zero attached hydrogens (tertiary/aromatic N) is 2. The van der Waals surface area contributed by atoms with Crippen LogP contribution in [0, 0.1) is 25.0 Å². The van der Waals surface area contributed by atoms with Gasteiger partial charge in [-0.15, -0.1) is 54.1 Å². The molecule has 6 aromatic rings. The SMILES string of the molecule is C[Si](C)(C)c1ccc(-c2[c-]cccc2)nc1.Cc1ccc2c(c1)oc1c(-c3cc(CC(C)C)ccn3)[c-]ccc12.[Ir]. The monoisotopic (exact) mass is 733 g/mol. The van der Waals surface area contributed by atoms with Crippen molar-refractivity contribution in [2.24, 2.45) is 5.92 Å². The quantitative estimate of drug-likeness (QED) is 0.131. The molecule has 0 bridgehead atoms. The van der Waals surface area contributed by atoms with E-state index in [0.717, 1.165) is 50.9 Å². The fourth-order valence-electron chi connectivity index (χ4n) is 4.80. The van der Waals surface area contributed by atoms with Gasteiger partial charge in [0, 0.05) is 37.9 Å². The second kappa shape index (κ2) is 13.1. The van der Waals surface area contributed by atoms with E-state index in [9.17, 15) is 0 Å². The number of benzene rings is 3. The van der Waals surface area contributed by atoms with Crippen LogP contribution < -0.4 is 5.19 Å². The van der Waals surface area contributed by atoms with Crippen molar-refractivity contribution in [3.8, 4) is 22.5 Å². The molecule has 5 heteroatoms. The summed E-state index contributed by atoms with van der Waals surface area (Å²) in [6, 6.07) is 33.4. The van der Waals surface area contributed by atoms with Crippen LogP contribution in [0.1, 0.15) is 25.0 Å². The molecule has 0 atom stereocenters. The molecule has 0 unspecified atom stereocenters. The number of fused-ring (bicyclic) bond motifs is 3. The first-order valence-electron chi connectivity index (χ1n) is 13.9. The molecule has 41 heavy (non-hydrogen) atoms. The van der Waals surface area contributed by atoms with Crippen LogP contribution in [-0.2, 0) is 26.5 Å². The number of aromatic nitrogens is 2. The summed E-state index contributed by atoms with van der Waals surface area (Å²) in [5.74, 6) is 0.620. The van der Waals surface area contributed by atoms with Crippen molar-refractivity contribution in [1.82, 2.24) is 9.97 Å². The Bertz CT molecular complexity index is 1740. The topological polar surface area (TPSA) is 38.9 Å². The molecule has 3 aromatic carbocycles. The minimum Gasteiger partial charge on any atom is -0.501 e. The fraction of sp³-hybridized carbons (Fsp3) is 0.222. The second-order valence-electron chi connectivity index (χ2n) is 11.8. The van der Waals surface area contributed by atoms with Crippen molar-refractivity contribution in [3.05, 3.63) is 115 Å². The first-order valence-corrected chi connectivity index (χ1v) is 17.4. The summed E-state index contributed by atoms with van der Waals surface area (Å²) in [5, 5.41) is 3.66. The summed E-state index contributed by atoms with van der Waals surface area (Å²) in [5.41, 5.74) is 8.21. The molecule has 0 N–H and O–H groups in total. The third-order valence-electron chi connectivity index (χ3n) is 6.93. The van der Waals surface area contributed by atoms with Crippen LogP contribution in [-0.4, -0.2) is 18.0 Å². The second-order valence-corrected chi connectivity index (χ2v) is 16.9. The van der Waals surface area contributed by atoms with Crippen LogP contribution in [0.3, 0.4) is 0 Å². The third-order valence-corrected chi connectivity index (χ3v) is 8.96. The van der Waals surface area contributed by atoms with Gasteiger partial charge in [0.15, 0.2) is 0 Å². The Morgan fingerprint density at radius 3 is 2.34 bits per heavy atom. The Morgan fingerprint density at radius 1 is 0.829 bits per heavy atom. The number of rotatable bonds is 5. The summed E-state index contributed by atoms with van der Waals surface area (Å²) < 4.78 is 6.17. The standard InChI is InChI=1S/C22H20NO.C14H16NSi.Ir/c1-14(2)11-16-9-10-23-20(13-16)19-6-4-5-18-17-8-7-15(3)12-21(17)24-22(18)19;1-16(2,3)13-9-10-14(15-11-13)12-7-5-4-6-8-12;/h4-5,7-10,12-14H,11H2,1-3H3;4-7,9-11H,1-3H3;/q2*-1;. The summed E-state index contributed by atoms with van der Waals surface area (Å²) in [6.07, 6.45) is 4.94. The van der Waals surface area contributed by atoms with Gasteiger partial charge < -0.3 is 14.4 Å². The maximum Gasteiger partial charge on any atom is 0.121 e. The number of hydrogen-bond donors (Lipinski definition) is 0. The maximum absolute atomic E-state index is 6.17. The Labute approximate surface area is 258 Å². The van der Waals surface area contributed by atoms with Crippen LogP contribution in [0.5, 0.6) is 0 Å². The van der Waals surface area contributed by atoms with Crippen molar-refractivity contribution in [1.29, 1.82) is 0 Å². The molecule has 6 rings (SSSR count). The predicted octanol–water partition coefficient (Wildman–Crippen LogP) is 9.05. The molecule has 0 saturated heterocycles. The van der Waals surface area contributed by atoms with Crippen molar-refractivity contribution in [3.63, 3.8) is 0 Å². The zero-order valence-electron chi connectivity index (χ0n) is 24.6. The average Bonchev–Trinajstić information content (AvgIpc) is 3.31. The minimum atomic E-state index is -1.23. The van der Waals surface area contributed by atoms with Gasteiger partial charge in [0.05, 0.1) is 13.7 Å². The number of hydrogen-bond acceptors (Lipinski definition) is 3. The Morgan fingerprint density at radius 2 is 1.66 bits per heavy atom. The molecule has 3 nitrogen and oxygen atoms in total. The Kier molecular flexibility index (Phi) is 9.75. The van der Waals surface area contributed by atoms with Gasteiger partial charge in [0.2, 0.25) is 0 Å². The molecule has 0 fully saturated rings. The van der Waals surface area contributed by atoms with Crippen LogP contribution in [0.4, 0.5) is 0 Å². The Hall–Kier alpha value is -3.37. The maximum atomic E-state index is 6.17. The van der Waals surface area contributed by atoms with Gasteiger partial charge in [-0.3, -0.25) is 0 Å². The fourth-order valence-corrected chi connectivity index (χ4v) is 5.83. The summed E-state index contributed by atoms with van der Waals surface area (Å²) in [4.78, 5) is 9.08. The van der Waals surface area contributed by atoms with Gasteiger partial charge in [-0.2, -0.15) is 0 Å². The number of pyridine rings is 2. The van der Waals surface area contributed by atoms with Crippen LogP contribution in [0.15, 0.2) is 95.7 Å². The van der Waals surface area contributed by atoms with Crippen LogP contribution in [0.2, 0.25) is 19.6 Å². The smallest absolute Gasteiger partial charge is 0.121 e. The summed E-state index contributed by atoms with van der Waals surface area (Å²) in [7, 11) is -1.23. The zero-order chi connectivity index (χ0) is 28.3. The summed E-state index contributed by atoms with van der Waals surface area (Å²) in [6.45, 7) is 13.5. The van der Waals surface area contributed by atoms with E-state index in [4.69, 9.17) is 4.42 Å². The minimum absolute atomic E-state index is 0. The van der Waals surface area contributed by atoms with Gasteiger partial charge in [-0.25, -0.2) is 0 Å². The third kappa shape index (κ3) is 7.29. The van der Waals surface area contributed by atoms with E-state index in [1.165, 1.54) is 16.3 Å². The molecule has 0 saturated carbocycles. The molecule has 211 valence electrons. The van der Waals surface area contributed by atoms with Gasteiger partial charge in [-0.05, 0) is 53.5 Å².